The zero-order valence-corrected chi connectivity index (χ0v) is 15.2. The van der Waals surface area contributed by atoms with Gasteiger partial charge in [0, 0.05) is 6.54 Å². The summed E-state index contributed by atoms with van der Waals surface area (Å²) in [5.41, 5.74) is 0.756. The second kappa shape index (κ2) is 7.20. The van der Waals surface area contributed by atoms with Crippen molar-refractivity contribution in [1.82, 2.24) is 4.31 Å². The molecule has 0 aromatic heterocycles. The SMILES string of the molecule is COc1ccc([C@H]2CCCN2S(=O)(=O)c2ccc(F)c(F)c2)cc1OC. The molecule has 2 aromatic carbocycles. The maximum atomic E-state index is 13.5. The lowest BCUT2D eigenvalue weighted by atomic mass is 10.0. The van der Waals surface area contributed by atoms with Crippen molar-refractivity contribution in [3.63, 3.8) is 0 Å². The Labute approximate surface area is 151 Å². The first-order valence-electron chi connectivity index (χ1n) is 8.07. The molecule has 2 aromatic rings. The van der Waals surface area contributed by atoms with E-state index >= 15 is 0 Å². The zero-order chi connectivity index (χ0) is 18.9. The molecule has 26 heavy (non-hydrogen) atoms. The van der Waals surface area contributed by atoms with E-state index in [9.17, 15) is 17.2 Å². The molecule has 1 saturated heterocycles. The van der Waals surface area contributed by atoms with E-state index in [2.05, 4.69) is 0 Å². The molecule has 1 aliphatic heterocycles. The van der Waals surface area contributed by atoms with E-state index in [1.54, 1.807) is 18.2 Å². The van der Waals surface area contributed by atoms with Gasteiger partial charge in [-0.05, 0) is 48.7 Å². The number of rotatable bonds is 5. The van der Waals surface area contributed by atoms with Crippen molar-refractivity contribution in [2.75, 3.05) is 20.8 Å². The largest absolute Gasteiger partial charge is 0.493 e. The highest BCUT2D eigenvalue weighted by molar-refractivity contribution is 7.89. The van der Waals surface area contributed by atoms with E-state index in [1.807, 2.05) is 0 Å². The van der Waals surface area contributed by atoms with Crippen LogP contribution in [0.2, 0.25) is 0 Å². The first-order valence-corrected chi connectivity index (χ1v) is 9.51. The molecular formula is C18H19F2NO4S. The van der Waals surface area contributed by atoms with Gasteiger partial charge in [0.2, 0.25) is 10.0 Å². The van der Waals surface area contributed by atoms with E-state index in [-0.39, 0.29) is 4.90 Å². The van der Waals surface area contributed by atoms with Gasteiger partial charge in [-0.1, -0.05) is 6.07 Å². The summed E-state index contributed by atoms with van der Waals surface area (Å²) < 4.78 is 64.4. The smallest absolute Gasteiger partial charge is 0.243 e. The van der Waals surface area contributed by atoms with Crippen molar-refractivity contribution in [3.05, 3.63) is 53.6 Å². The molecule has 1 aliphatic rings. The van der Waals surface area contributed by atoms with E-state index in [0.717, 1.165) is 17.7 Å². The van der Waals surface area contributed by atoms with Crippen LogP contribution in [-0.2, 0) is 10.0 Å². The molecule has 140 valence electrons. The highest BCUT2D eigenvalue weighted by Gasteiger charge is 2.36. The Morgan fingerprint density at radius 1 is 1.00 bits per heavy atom. The Kier molecular flexibility index (Phi) is 5.15. The van der Waals surface area contributed by atoms with Gasteiger partial charge in [-0.2, -0.15) is 4.31 Å². The number of hydrogen-bond donors (Lipinski definition) is 0. The Morgan fingerprint density at radius 3 is 2.38 bits per heavy atom. The van der Waals surface area contributed by atoms with Gasteiger partial charge in [0.25, 0.3) is 0 Å². The molecule has 0 amide bonds. The maximum absolute atomic E-state index is 13.5. The summed E-state index contributed by atoms with van der Waals surface area (Å²) in [6, 6.07) is 7.45. The van der Waals surface area contributed by atoms with Crippen LogP contribution in [0, 0.1) is 11.6 Å². The topological polar surface area (TPSA) is 55.8 Å². The fourth-order valence-electron chi connectivity index (χ4n) is 3.19. The second-order valence-electron chi connectivity index (χ2n) is 5.96. The number of halogens is 2. The molecule has 8 heteroatoms. The van der Waals surface area contributed by atoms with Gasteiger partial charge in [0.1, 0.15) is 0 Å². The first kappa shape index (κ1) is 18.6. The molecule has 3 rings (SSSR count). The van der Waals surface area contributed by atoms with Gasteiger partial charge in [-0.3, -0.25) is 0 Å². The van der Waals surface area contributed by atoms with Crippen molar-refractivity contribution in [3.8, 4) is 11.5 Å². The van der Waals surface area contributed by atoms with Crippen LogP contribution in [0.3, 0.4) is 0 Å². The van der Waals surface area contributed by atoms with Gasteiger partial charge in [0.05, 0.1) is 25.2 Å². The van der Waals surface area contributed by atoms with Crippen molar-refractivity contribution < 1.29 is 26.7 Å². The number of benzene rings is 2. The number of methoxy groups -OCH3 is 2. The molecule has 0 bridgehead atoms. The van der Waals surface area contributed by atoms with E-state index in [4.69, 9.17) is 9.47 Å². The molecule has 0 aliphatic carbocycles. The lowest BCUT2D eigenvalue weighted by Crippen LogP contribution is -2.30. The quantitative estimate of drug-likeness (QED) is 0.793. The Balaban J connectivity index is 1.98. The normalized spacial score (nSPS) is 18.1. The average molecular weight is 383 g/mol. The van der Waals surface area contributed by atoms with Gasteiger partial charge in [-0.15, -0.1) is 0 Å². The summed E-state index contributed by atoms with van der Waals surface area (Å²) in [6.45, 7) is 0.306. The van der Waals surface area contributed by atoms with E-state index in [1.165, 1.54) is 18.5 Å². The van der Waals surface area contributed by atoms with Crippen molar-refractivity contribution in [2.24, 2.45) is 0 Å². The molecule has 1 fully saturated rings. The summed E-state index contributed by atoms with van der Waals surface area (Å²) >= 11 is 0. The van der Waals surface area contributed by atoms with E-state index < -0.39 is 27.7 Å². The van der Waals surface area contributed by atoms with Crippen LogP contribution in [0.15, 0.2) is 41.3 Å². The van der Waals surface area contributed by atoms with Crippen LogP contribution in [0.1, 0.15) is 24.4 Å². The van der Waals surface area contributed by atoms with Crippen molar-refractivity contribution in [1.29, 1.82) is 0 Å². The van der Waals surface area contributed by atoms with Crippen LogP contribution in [0.25, 0.3) is 0 Å². The zero-order valence-electron chi connectivity index (χ0n) is 14.4. The third-order valence-corrected chi connectivity index (χ3v) is 6.40. The Hall–Kier alpha value is -2.19. The fraction of sp³-hybridized carbons (Fsp3) is 0.333. The summed E-state index contributed by atoms with van der Waals surface area (Å²) in [6.07, 6.45) is 1.29. The molecule has 0 N–H and O–H groups in total. The Bertz CT molecular complexity index is 917. The first-order chi connectivity index (χ1) is 12.4. The van der Waals surface area contributed by atoms with Gasteiger partial charge in [-0.25, -0.2) is 17.2 Å². The molecule has 5 nitrogen and oxygen atoms in total. The van der Waals surface area contributed by atoms with Crippen molar-refractivity contribution >= 4 is 10.0 Å². The number of nitrogens with zero attached hydrogens (tertiary/aromatic N) is 1. The van der Waals surface area contributed by atoms with Gasteiger partial charge >= 0.3 is 0 Å². The van der Waals surface area contributed by atoms with Gasteiger partial charge < -0.3 is 9.47 Å². The molecule has 0 unspecified atom stereocenters. The molecule has 0 radical (unpaired) electrons. The minimum Gasteiger partial charge on any atom is -0.493 e. The van der Waals surface area contributed by atoms with E-state index in [0.29, 0.717) is 37.0 Å². The molecule has 0 saturated carbocycles. The molecule has 1 atom stereocenters. The maximum Gasteiger partial charge on any atom is 0.243 e. The second-order valence-corrected chi connectivity index (χ2v) is 7.85. The third kappa shape index (κ3) is 3.26. The average Bonchev–Trinajstić information content (AvgIpc) is 3.14. The fourth-order valence-corrected chi connectivity index (χ4v) is 4.89. The minimum absolute atomic E-state index is 0.260. The lowest BCUT2D eigenvalue weighted by molar-refractivity contribution is 0.351. The molecular weight excluding hydrogens is 364 g/mol. The monoisotopic (exact) mass is 383 g/mol. The minimum atomic E-state index is -3.96. The van der Waals surface area contributed by atoms with Crippen LogP contribution in [0.4, 0.5) is 8.78 Å². The third-order valence-electron chi connectivity index (χ3n) is 4.49. The standard InChI is InChI=1S/C18H19F2NO4S/c1-24-17-8-5-12(10-18(17)25-2)16-4-3-9-21(16)26(22,23)13-6-7-14(19)15(20)11-13/h5-8,10-11,16H,3-4,9H2,1-2H3/t16-/m1/s1. The Morgan fingerprint density at radius 2 is 1.73 bits per heavy atom. The number of sulfonamides is 1. The highest BCUT2D eigenvalue weighted by Crippen LogP contribution is 2.39. The lowest BCUT2D eigenvalue weighted by Gasteiger charge is -2.25. The summed E-state index contributed by atoms with van der Waals surface area (Å²) in [5.74, 6) is -1.22. The molecule has 1 heterocycles. The van der Waals surface area contributed by atoms with Gasteiger partial charge in [0.15, 0.2) is 23.1 Å². The van der Waals surface area contributed by atoms with Crippen molar-refractivity contribution in [2.45, 2.75) is 23.8 Å². The van der Waals surface area contributed by atoms with Crippen LogP contribution in [0.5, 0.6) is 11.5 Å². The number of hydrogen-bond acceptors (Lipinski definition) is 4. The van der Waals surface area contributed by atoms with Crippen LogP contribution < -0.4 is 9.47 Å². The number of ether oxygens (including phenoxy) is 2. The predicted molar refractivity (Wildman–Crippen MR) is 91.8 cm³/mol. The summed E-state index contributed by atoms with van der Waals surface area (Å²) in [4.78, 5) is -0.260. The van der Waals surface area contributed by atoms with Crippen LogP contribution in [-0.4, -0.2) is 33.5 Å². The summed E-state index contributed by atoms with van der Waals surface area (Å²) in [5, 5.41) is 0. The molecule has 0 spiro atoms. The highest BCUT2D eigenvalue weighted by atomic mass is 32.2. The van der Waals surface area contributed by atoms with Crippen LogP contribution >= 0.6 is 0 Å². The predicted octanol–water partition coefficient (Wildman–Crippen LogP) is 3.51. The summed E-state index contributed by atoms with van der Waals surface area (Å²) in [7, 11) is -0.929.